The molecule has 0 saturated carbocycles. The molecule has 0 atom stereocenters. The van der Waals surface area contributed by atoms with Gasteiger partial charge in [0.1, 0.15) is 0 Å². The Kier molecular flexibility index (Phi) is 4.54. The fourth-order valence-corrected chi connectivity index (χ4v) is 2.38. The molecule has 0 aliphatic rings. The van der Waals surface area contributed by atoms with Gasteiger partial charge in [0.25, 0.3) is 0 Å². The average Bonchev–Trinajstić information content (AvgIpc) is 2.15. The predicted octanol–water partition coefficient (Wildman–Crippen LogP) is 1.96. The second-order valence-electron chi connectivity index (χ2n) is 2.70. The molecule has 0 aliphatic carbocycles. The van der Waals surface area contributed by atoms with Crippen molar-refractivity contribution < 1.29 is 17.4 Å². The third-order valence-corrected chi connectivity index (χ3v) is 3.73. The molecule has 0 saturated heterocycles. The van der Waals surface area contributed by atoms with Crippen molar-refractivity contribution in [3.63, 3.8) is 0 Å². The summed E-state index contributed by atoms with van der Waals surface area (Å²) in [6.45, 7) is 2.70. The summed E-state index contributed by atoms with van der Waals surface area (Å²) in [4.78, 5) is 21.4. The Morgan fingerprint density at radius 1 is 1.13 bits per heavy atom. The number of hydrogen-bond donors (Lipinski definition) is 0. The molecule has 1 rings (SSSR count). The van der Waals surface area contributed by atoms with E-state index < -0.39 is 21.6 Å². The van der Waals surface area contributed by atoms with E-state index in [-0.39, 0.29) is 11.9 Å². The van der Waals surface area contributed by atoms with Crippen LogP contribution in [0.1, 0.15) is 13.8 Å². The van der Waals surface area contributed by atoms with Crippen molar-refractivity contribution in [1.29, 1.82) is 0 Å². The minimum absolute atomic E-state index is 0.310. The SMILES string of the molecule is CC(=O)O[IH]c1ccccc1OC(C)=O. The first-order valence-corrected chi connectivity index (χ1v) is 6.34. The van der Waals surface area contributed by atoms with Crippen molar-refractivity contribution in [1.82, 2.24) is 0 Å². The number of rotatable bonds is 3. The third kappa shape index (κ3) is 4.28. The summed E-state index contributed by atoms with van der Waals surface area (Å²) in [5.41, 5.74) is 0. The monoisotopic (exact) mass is 322 g/mol. The van der Waals surface area contributed by atoms with E-state index in [1.54, 1.807) is 18.2 Å². The zero-order valence-corrected chi connectivity index (χ0v) is 10.7. The van der Waals surface area contributed by atoms with Crippen LogP contribution >= 0.6 is 21.6 Å². The van der Waals surface area contributed by atoms with Crippen LogP contribution in [0.25, 0.3) is 0 Å². The molecule has 15 heavy (non-hydrogen) atoms. The van der Waals surface area contributed by atoms with Crippen LogP contribution in [-0.4, -0.2) is 11.9 Å². The summed E-state index contributed by atoms with van der Waals surface area (Å²) in [6, 6.07) is 7.06. The summed E-state index contributed by atoms with van der Waals surface area (Å²) in [5.74, 6) is -0.207. The Hall–Kier alpha value is -1.11. The minimum atomic E-state index is -1.08. The van der Waals surface area contributed by atoms with Gasteiger partial charge >= 0.3 is 98.4 Å². The summed E-state index contributed by atoms with van der Waals surface area (Å²) < 4.78 is 10.7. The first kappa shape index (κ1) is 12.0. The first-order chi connectivity index (χ1) is 7.09. The van der Waals surface area contributed by atoms with Gasteiger partial charge in [0.15, 0.2) is 0 Å². The third-order valence-electron chi connectivity index (χ3n) is 1.35. The van der Waals surface area contributed by atoms with Crippen LogP contribution in [0.5, 0.6) is 5.75 Å². The van der Waals surface area contributed by atoms with Crippen molar-refractivity contribution in [2.45, 2.75) is 13.8 Å². The molecular formula is C10H11IO4. The molecule has 0 aliphatic heterocycles. The van der Waals surface area contributed by atoms with Gasteiger partial charge in [-0.1, -0.05) is 0 Å². The zero-order chi connectivity index (χ0) is 11.3. The normalized spacial score (nSPS) is 9.73. The van der Waals surface area contributed by atoms with Gasteiger partial charge in [0.05, 0.1) is 0 Å². The summed E-state index contributed by atoms with van der Waals surface area (Å²) >= 11 is -1.08. The quantitative estimate of drug-likeness (QED) is 0.485. The molecule has 0 unspecified atom stereocenters. The van der Waals surface area contributed by atoms with Crippen LogP contribution in [0.2, 0.25) is 0 Å². The summed E-state index contributed by atoms with van der Waals surface area (Å²) in [6.07, 6.45) is 0. The van der Waals surface area contributed by atoms with Crippen LogP contribution in [0.3, 0.4) is 0 Å². The zero-order valence-electron chi connectivity index (χ0n) is 8.35. The van der Waals surface area contributed by atoms with Gasteiger partial charge < -0.3 is 0 Å². The number of hydrogen-bond acceptors (Lipinski definition) is 4. The molecule has 0 spiro atoms. The molecule has 0 radical (unpaired) electrons. The number of benzene rings is 1. The van der Waals surface area contributed by atoms with Crippen LogP contribution in [0.15, 0.2) is 24.3 Å². The van der Waals surface area contributed by atoms with Crippen molar-refractivity contribution >= 4 is 33.6 Å². The number of carbonyl (C=O) groups is 2. The molecule has 1 aromatic rings. The van der Waals surface area contributed by atoms with Crippen LogP contribution in [-0.2, 0) is 12.7 Å². The topological polar surface area (TPSA) is 52.6 Å². The number of esters is 1. The molecule has 0 heterocycles. The van der Waals surface area contributed by atoms with E-state index >= 15 is 0 Å². The van der Waals surface area contributed by atoms with Crippen molar-refractivity contribution in [2.75, 3.05) is 0 Å². The van der Waals surface area contributed by atoms with Crippen molar-refractivity contribution in [3.8, 4) is 5.75 Å². The van der Waals surface area contributed by atoms with Crippen molar-refractivity contribution in [2.24, 2.45) is 0 Å². The molecule has 0 fully saturated rings. The van der Waals surface area contributed by atoms with E-state index in [0.29, 0.717) is 5.75 Å². The molecule has 1 aromatic carbocycles. The molecule has 4 nitrogen and oxygen atoms in total. The van der Waals surface area contributed by atoms with Gasteiger partial charge in [-0.15, -0.1) is 0 Å². The molecular weight excluding hydrogens is 311 g/mol. The fourth-order valence-electron chi connectivity index (χ4n) is 0.862. The Morgan fingerprint density at radius 2 is 1.80 bits per heavy atom. The fraction of sp³-hybridized carbons (Fsp3) is 0.200. The maximum absolute atomic E-state index is 10.8. The maximum atomic E-state index is 10.8. The Morgan fingerprint density at radius 3 is 2.40 bits per heavy atom. The molecule has 82 valence electrons. The molecule has 5 heteroatoms. The van der Waals surface area contributed by atoms with Crippen LogP contribution in [0.4, 0.5) is 0 Å². The Bertz CT molecular complexity index is 375. The number of halogens is 1. The van der Waals surface area contributed by atoms with Gasteiger partial charge in [-0.25, -0.2) is 0 Å². The number of ether oxygens (including phenoxy) is 1. The van der Waals surface area contributed by atoms with Gasteiger partial charge in [-0.05, 0) is 0 Å². The Labute approximate surface area is 98.4 Å². The van der Waals surface area contributed by atoms with E-state index in [2.05, 4.69) is 0 Å². The van der Waals surface area contributed by atoms with Crippen LogP contribution in [0, 0.1) is 3.57 Å². The van der Waals surface area contributed by atoms with E-state index in [4.69, 9.17) is 7.80 Å². The average molecular weight is 322 g/mol. The second kappa shape index (κ2) is 5.69. The predicted molar refractivity (Wildman–Crippen MR) is 63.6 cm³/mol. The number of carbonyl (C=O) groups excluding carboxylic acids is 2. The van der Waals surface area contributed by atoms with Gasteiger partial charge in [0.2, 0.25) is 0 Å². The van der Waals surface area contributed by atoms with E-state index in [9.17, 15) is 9.59 Å². The van der Waals surface area contributed by atoms with E-state index in [0.717, 1.165) is 3.57 Å². The molecule has 0 N–H and O–H groups in total. The summed E-state index contributed by atoms with van der Waals surface area (Å²) in [7, 11) is 0. The second-order valence-corrected chi connectivity index (χ2v) is 4.91. The van der Waals surface area contributed by atoms with Gasteiger partial charge in [0, 0.05) is 0 Å². The van der Waals surface area contributed by atoms with Gasteiger partial charge in [-0.2, -0.15) is 0 Å². The molecule has 0 aromatic heterocycles. The first-order valence-electron chi connectivity index (χ1n) is 4.22. The van der Waals surface area contributed by atoms with Crippen LogP contribution < -0.4 is 4.74 Å². The van der Waals surface area contributed by atoms with E-state index in [1.165, 1.54) is 13.8 Å². The summed E-state index contributed by atoms with van der Waals surface area (Å²) in [5, 5.41) is 0. The van der Waals surface area contributed by atoms with E-state index in [1.807, 2.05) is 6.07 Å². The van der Waals surface area contributed by atoms with Crippen molar-refractivity contribution in [3.05, 3.63) is 27.8 Å². The van der Waals surface area contributed by atoms with Gasteiger partial charge in [-0.3, -0.25) is 0 Å². The molecule has 0 amide bonds. The molecule has 0 bridgehead atoms. The standard InChI is InChI=1S/C10H11IO4/c1-7(12)14-10-6-4-3-5-9(10)11-15-8(2)13/h3-6,11H,1-2H3. The number of para-hydroxylation sites is 1. The Balaban J connectivity index is 2.76.